The number of nitrogens with zero attached hydrogens (tertiary/aromatic N) is 1. The highest BCUT2D eigenvalue weighted by molar-refractivity contribution is 5.25. The molecule has 0 spiro atoms. The SMILES string of the molecule is CC(C)CCCC(C)C1CCC2C3CC=C4CC(O[C@@H](O)NCCN(C)C)CCC4(C)C3CCC12C. The number of likely N-dealkylation sites (N-methyl/N-ethyl adjacent to an activating group) is 1. The van der Waals surface area contributed by atoms with Gasteiger partial charge in [0.05, 0.1) is 6.10 Å². The number of aliphatic hydroxyl groups is 1. The van der Waals surface area contributed by atoms with Crippen LogP contribution in [0.2, 0.25) is 0 Å². The Morgan fingerprint density at radius 2 is 1.83 bits per heavy atom. The Morgan fingerprint density at radius 1 is 1.06 bits per heavy atom. The first kappa shape index (κ1) is 28.6. The molecular weight excluding hydrogens is 444 g/mol. The van der Waals surface area contributed by atoms with Crippen LogP contribution in [-0.4, -0.2) is 49.7 Å². The summed E-state index contributed by atoms with van der Waals surface area (Å²) in [7, 11) is 4.10. The third-order valence-electron chi connectivity index (χ3n) is 11.5. The summed E-state index contributed by atoms with van der Waals surface area (Å²) in [5.41, 5.74) is 2.54. The van der Waals surface area contributed by atoms with Crippen LogP contribution in [0.3, 0.4) is 0 Å². The topological polar surface area (TPSA) is 44.7 Å². The van der Waals surface area contributed by atoms with E-state index in [4.69, 9.17) is 4.74 Å². The minimum absolute atomic E-state index is 0.138. The van der Waals surface area contributed by atoms with Crippen LogP contribution in [0.1, 0.15) is 105 Å². The second kappa shape index (κ2) is 11.8. The predicted molar refractivity (Wildman–Crippen MR) is 150 cm³/mol. The number of hydrogen-bond acceptors (Lipinski definition) is 4. The van der Waals surface area contributed by atoms with Crippen molar-refractivity contribution in [3.8, 4) is 0 Å². The van der Waals surface area contributed by atoms with Gasteiger partial charge in [0.1, 0.15) is 0 Å². The lowest BCUT2D eigenvalue weighted by Gasteiger charge is -2.58. The van der Waals surface area contributed by atoms with Crippen LogP contribution in [0.4, 0.5) is 0 Å². The molecule has 0 aromatic heterocycles. The van der Waals surface area contributed by atoms with Crippen molar-refractivity contribution in [2.75, 3.05) is 27.2 Å². The highest BCUT2D eigenvalue weighted by atomic mass is 16.6. The number of hydrogen-bond donors (Lipinski definition) is 2. The van der Waals surface area contributed by atoms with Crippen molar-refractivity contribution in [1.82, 2.24) is 10.2 Å². The minimum atomic E-state index is -0.857. The molecule has 8 unspecified atom stereocenters. The fourth-order valence-electron chi connectivity index (χ4n) is 9.41. The lowest BCUT2D eigenvalue weighted by atomic mass is 9.47. The van der Waals surface area contributed by atoms with E-state index in [9.17, 15) is 5.11 Å². The van der Waals surface area contributed by atoms with Gasteiger partial charge in [-0.25, -0.2) is 0 Å². The summed E-state index contributed by atoms with van der Waals surface area (Å²) in [6.45, 7) is 14.2. The van der Waals surface area contributed by atoms with Gasteiger partial charge in [0.25, 0.3) is 0 Å². The van der Waals surface area contributed by atoms with Crippen LogP contribution in [0, 0.1) is 46.3 Å². The van der Waals surface area contributed by atoms with Crippen LogP contribution in [-0.2, 0) is 4.74 Å². The molecule has 36 heavy (non-hydrogen) atoms. The molecule has 3 saturated carbocycles. The highest BCUT2D eigenvalue weighted by Gasteiger charge is 2.59. The van der Waals surface area contributed by atoms with E-state index in [0.29, 0.717) is 10.8 Å². The molecule has 0 aliphatic heterocycles. The van der Waals surface area contributed by atoms with E-state index in [0.717, 1.165) is 61.4 Å². The Kier molecular flexibility index (Phi) is 9.34. The number of fused-ring (bicyclic) bond motifs is 5. The number of rotatable bonds is 11. The molecule has 4 aliphatic carbocycles. The molecule has 0 heterocycles. The van der Waals surface area contributed by atoms with Crippen molar-refractivity contribution in [3.63, 3.8) is 0 Å². The number of nitrogens with one attached hydrogen (secondary N) is 1. The lowest BCUT2D eigenvalue weighted by Crippen LogP contribution is -2.51. The molecule has 4 aliphatic rings. The van der Waals surface area contributed by atoms with Gasteiger partial charge >= 0.3 is 0 Å². The summed E-state index contributed by atoms with van der Waals surface area (Å²) in [5, 5.41) is 13.5. The van der Waals surface area contributed by atoms with E-state index in [2.05, 4.69) is 50.9 Å². The third-order valence-corrected chi connectivity index (χ3v) is 11.5. The Balaban J connectivity index is 1.37. The second-order valence-electron chi connectivity index (χ2n) is 14.4. The van der Waals surface area contributed by atoms with Crippen LogP contribution >= 0.6 is 0 Å². The summed E-state index contributed by atoms with van der Waals surface area (Å²) in [6.07, 6.45) is 16.5. The molecule has 0 aromatic carbocycles. The van der Waals surface area contributed by atoms with Crippen LogP contribution in [0.5, 0.6) is 0 Å². The van der Waals surface area contributed by atoms with Gasteiger partial charge in [-0.3, -0.25) is 5.32 Å². The van der Waals surface area contributed by atoms with E-state index >= 15 is 0 Å². The highest BCUT2D eigenvalue weighted by Crippen LogP contribution is 2.67. The number of aliphatic hydroxyl groups excluding tert-OH is 1. The van der Waals surface area contributed by atoms with Crippen LogP contribution in [0.25, 0.3) is 0 Å². The van der Waals surface area contributed by atoms with Crippen LogP contribution in [0.15, 0.2) is 11.6 Å². The Hall–Kier alpha value is -0.420. The fourth-order valence-corrected chi connectivity index (χ4v) is 9.41. The average Bonchev–Trinajstić information content (AvgIpc) is 3.16. The van der Waals surface area contributed by atoms with Gasteiger partial charge in [0, 0.05) is 13.1 Å². The lowest BCUT2D eigenvalue weighted by molar-refractivity contribution is -0.165. The summed E-state index contributed by atoms with van der Waals surface area (Å²) < 4.78 is 6.06. The van der Waals surface area contributed by atoms with Gasteiger partial charge in [0.15, 0.2) is 0 Å². The molecule has 2 N–H and O–H groups in total. The van der Waals surface area contributed by atoms with Crippen molar-refractivity contribution in [2.45, 2.75) is 118 Å². The molecule has 0 saturated heterocycles. The van der Waals surface area contributed by atoms with Crippen molar-refractivity contribution in [1.29, 1.82) is 0 Å². The molecular formula is C32H58N2O2. The monoisotopic (exact) mass is 502 g/mol. The Labute approximate surface area is 223 Å². The van der Waals surface area contributed by atoms with Crippen LogP contribution < -0.4 is 5.32 Å². The molecule has 0 aromatic rings. The maximum Gasteiger partial charge on any atom is 0.213 e. The third kappa shape index (κ3) is 5.92. The van der Waals surface area contributed by atoms with Crippen molar-refractivity contribution < 1.29 is 9.84 Å². The molecule has 9 atom stereocenters. The van der Waals surface area contributed by atoms with Gasteiger partial charge in [-0.1, -0.05) is 65.5 Å². The maximum atomic E-state index is 10.4. The molecule has 0 bridgehead atoms. The largest absolute Gasteiger partial charge is 0.356 e. The number of allylic oxidation sites excluding steroid dienone is 1. The second-order valence-corrected chi connectivity index (χ2v) is 14.4. The summed E-state index contributed by atoms with van der Waals surface area (Å²) in [5.74, 6) is 5.29. The quantitative estimate of drug-likeness (QED) is 0.240. The zero-order valence-electron chi connectivity index (χ0n) is 24.7. The predicted octanol–water partition coefficient (Wildman–Crippen LogP) is 6.84. The molecule has 0 amide bonds. The van der Waals surface area contributed by atoms with Crippen molar-refractivity contribution in [2.24, 2.45) is 46.3 Å². The molecule has 3 fully saturated rings. The van der Waals surface area contributed by atoms with Gasteiger partial charge in [-0.05, 0) is 112 Å². The van der Waals surface area contributed by atoms with Crippen molar-refractivity contribution in [3.05, 3.63) is 11.6 Å². The average molecular weight is 503 g/mol. The summed E-state index contributed by atoms with van der Waals surface area (Å²) >= 11 is 0. The normalized spacial score (nSPS) is 39.9. The van der Waals surface area contributed by atoms with Gasteiger partial charge in [-0.15, -0.1) is 0 Å². The fraction of sp³-hybridized carbons (Fsp3) is 0.938. The first-order valence-electron chi connectivity index (χ1n) is 15.5. The molecule has 208 valence electrons. The molecule has 0 radical (unpaired) electrons. The van der Waals surface area contributed by atoms with Crippen molar-refractivity contribution >= 4 is 0 Å². The van der Waals surface area contributed by atoms with Gasteiger partial charge < -0.3 is 14.7 Å². The number of ether oxygens (including phenoxy) is 1. The minimum Gasteiger partial charge on any atom is -0.356 e. The van der Waals surface area contributed by atoms with E-state index in [1.807, 2.05) is 14.1 Å². The zero-order chi connectivity index (χ0) is 26.1. The standard InChI is InChI=1S/C32H58N2O2/c1-22(2)9-8-10-23(3)27-13-14-28-26-12-11-24-21-25(36-30(35)33-19-20-34(6)7)15-17-31(24,4)29(26)16-18-32(27,28)5/h11,22-23,25-30,33,35H,8-10,12-21H2,1-7H3/t23?,25?,26?,27?,28?,29?,30-,31?,32?/m1/s1. The molecule has 4 heteroatoms. The summed E-state index contributed by atoms with van der Waals surface area (Å²) in [4.78, 5) is 2.12. The molecule has 4 nitrogen and oxygen atoms in total. The first-order valence-corrected chi connectivity index (χ1v) is 15.5. The summed E-state index contributed by atoms with van der Waals surface area (Å²) in [6, 6.07) is 0. The van der Waals surface area contributed by atoms with E-state index in [1.54, 1.807) is 5.57 Å². The maximum absolute atomic E-state index is 10.4. The van der Waals surface area contributed by atoms with E-state index < -0.39 is 6.41 Å². The molecule has 4 rings (SSSR count). The van der Waals surface area contributed by atoms with E-state index in [1.165, 1.54) is 57.8 Å². The smallest absolute Gasteiger partial charge is 0.213 e. The van der Waals surface area contributed by atoms with Gasteiger partial charge in [-0.2, -0.15) is 0 Å². The van der Waals surface area contributed by atoms with E-state index in [-0.39, 0.29) is 6.10 Å². The Morgan fingerprint density at radius 3 is 2.56 bits per heavy atom. The van der Waals surface area contributed by atoms with Gasteiger partial charge in [0.2, 0.25) is 6.41 Å². The zero-order valence-corrected chi connectivity index (χ0v) is 24.7. The Bertz CT molecular complexity index is 750. The first-order chi connectivity index (χ1) is 17.0.